The first-order valence-electron chi connectivity index (χ1n) is 10.3. The summed E-state index contributed by atoms with van der Waals surface area (Å²) in [5.41, 5.74) is 1.98. The predicted octanol–water partition coefficient (Wildman–Crippen LogP) is 1.81. The van der Waals surface area contributed by atoms with Crippen molar-refractivity contribution in [2.24, 2.45) is 0 Å². The molecule has 0 unspecified atom stereocenters. The quantitative estimate of drug-likeness (QED) is 0.623. The lowest BCUT2D eigenvalue weighted by Gasteiger charge is -2.28. The number of rotatable bonds is 7. The molecule has 0 saturated carbocycles. The topological polar surface area (TPSA) is 83.1 Å². The van der Waals surface area contributed by atoms with Crippen LogP contribution in [0.15, 0.2) is 18.2 Å². The number of fused-ring (bicyclic) bond motifs is 1. The van der Waals surface area contributed by atoms with E-state index in [-0.39, 0.29) is 37.1 Å². The highest BCUT2D eigenvalue weighted by molar-refractivity contribution is 7.22. The molecule has 2 aromatic rings. The lowest BCUT2D eigenvalue weighted by Crippen LogP contribution is -2.44. The van der Waals surface area contributed by atoms with Crippen LogP contribution in [0.3, 0.4) is 0 Å². The Labute approximate surface area is 179 Å². The summed E-state index contributed by atoms with van der Waals surface area (Å²) in [6.07, 6.45) is 1.15. The molecular formula is C21H26N4O4S. The van der Waals surface area contributed by atoms with Crippen molar-refractivity contribution < 1.29 is 19.1 Å². The largest absolute Gasteiger partial charge is 0.379 e. The van der Waals surface area contributed by atoms with Gasteiger partial charge in [-0.1, -0.05) is 17.4 Å². The van der Waals surface area contributed by atoms with Gasteiger partial charge in [-0.05, 0) is 31.0 Å². The van der Waals surface area contributed by atoms with Gasteiger partial charge in [0.25, 0.3) is 0 Å². The van der Waals surface area contributed by atoms with Crippen molar-refractivity contribution in [1.29, 1.82) is 0 Å². The number of aryl methyl sites for hydroxylation is 1. The van der Waals surface area contributed by atoms with E-state index in [0.717, 1.165) is 59.9 Å². The molecule has 8 nitrogen and oxygen atoms in total. The van der Waals surface area contributed by atoms with E-state index in [1.165, 1.54) is 11.3 Å². The molecule has 160 valence electrons. The molecule has 0 bridgehead atoms. The molecule has 1 aromatic carbocycles. The highest BCUT2D eigenvalue weighted by Gasteiger charge is 2.32. The van der Waals surface area contributed by atoms with Crippen LogP contribution >= 0.6 is 11.3 Å². The van der Waals surface area contributed by atoms with Gasteiger partial charge in [0.05, 0.1) is 23.4 Å². The Balaban J connectivity index is 1.50. The van der Waals surface area contributed by atoms with Crippen molar-refractivity contribution >= 4 is 44.4 Å². The lowest BCUT2D eigenvalue weighted by atomic mass is 10.2. The highest BCUT2D eigenvalue weighted by Crippen LogP contribution is 2.30. The third kappa shape index (κ3) is 4.69. The van der Waals surface area contributed by atoms with Crippen molar-refractivity contribution in [3.8, 4) is 0 Å². The van der Waals surface area contributed by atoms with Gasteiger partial charge in [0.15, 0.2) is 5.13 Å². The second kappa shape index (κ2) is 9.20. The number of imide groups is 1. The Hall–Kier alpha value is -2.36. The van der Waals surface area contributed by atoms with Crippen LogP contribution in [0.1, 0.15) is 24.8 Å². The van der Waals surface area contributed by atoms with E-state index in [9.17, 15) is 14.4 Å². The van der Waals surface area contributed by atoms with Gasteiger partial charge in [0.1, 0.15) is 6.54 Å². The Morgan fingerprint density at radius 2 is 1.93 bits per heavy atom. The summed E-state index contributed by atoms with van der Waals surface area (Å²) in [5, 5.41) is 0.613. The zero-order chi connectivity index (χ0) is 21.1. The van der Waals surface area contributed by atoms with Crippen LogP contribution < -0.4 is 4.90 Å². The standard InChI is InChI=1S/C21H26N4O4S/c1-15-3-4-16-17(13-15)30-21(22-16)24(8-2-7-23-9-11-29-12-10-23)20(28)14-25-18(26)5-6-19(25)27/h3-4,13H,2,5-12,14H2,1H3. The molecule has 0 N–H and O–H groups in total. The summed E-state index contributed by atoms with van der Waals surface area (Å²) < 4.78 is 6.41. The minimum absolute atomic E-state index is 0.184. The number of thiazole rings is 1. The first kappa shape index (κ1) is 20.9. The number of amides is 3. The lowest BCUT2D eigenvalue weighted by molar-refractivity contribution is -0.141. The maximum atomic E-state index is 13.1. The fraction of sp³-hybridized carbons (Fsp3) is 0.524. The van der Waals surface area contributed by atoms with Crippen LogP contribution in [-0.2, 0) is 19.1 Å². The highest BCUT2D eigenvalue weighted by atomic mass is 32.1. The average molecular weight is 431 g/mol. The number of anilines is 1. The van der Waals surface area contributed by atoms with Crippen LogP contribution in [0.4, 0.5) is 5.13 Å². The van der Waals surface area contributed by atoms with Crippen LogP contribution in [-0.4, -0.2) is 78.4 Å². The molecule has 30 heavy (non-hydrogen) atoms. The van der Waals surface area contributed by atoms with Crippen LogP contribution in [0.5, 0.6) is 0 Å². The van der Waals surface area contributed by atoms with E-state index in [2.05, 4.69) is 16.0 Å². The Kier molecular flexibility index (Phi) is 6.40. The first-order valence-corrected chi connectivity index (χ1v) is 11.1. The van der Waals surface area contributed by atoms with E-state index in [4.69, 9.17) is 4.74 Å². The van der Waals surface area contributed by atoms with Gasteiger partial charge in [-0.2, -0.15) is 0 Å². The van der Waals surface area contributed by atoms with Gasteiger partial charge in [0, 0.05) is 39.0 Å². The summed E-state index contributed by atoms with van der Waals surface area (Å²) in [6.45, 7) is 6.41. The predicted molar refractivity (Wildman–Crippen MR) is 115 cm³/mol. The van der Waals surface area contributed by atoms with Crippen molar-refractivity contribution in [3.63, 3.8) is 0 Å². The number of likely N-dealkylation sites (tertiary alicyclic amines) is 1. The molecule has 2 saturated heterocycles. The second-order valence-corrected chi connectivity index (χ2v) is 8.70. The van der Waals surface area contributed by atoms with Gasteiger partial charge in [0.2, 0.25) is 17.7 Å². The van der Waals surface area contributed by atoms with Crippen LogP contribution in [0.25, 0.3) is 10.2 Å². The maximum absolute atomic E-state index is 13.1. The molecule has 0 radical (unpaired) electrons. The number of carbonyl (C=O) groups is 3. The molecule has 2 aliphatic heterocycles. The van der Waals surface area contributed by atoms with E-state index in [1.807, 2.05) is 19.1 Å². The number of ether oxygens (including phenoxy) is 1. The molecule has 0 atom stereocenters. The number of carbonyl (C=O) groups excluding carboxylic acids is 3. The number of morpholine rings is 1. The van der Waals surface area contributed by atoms with E-state index in [0.29, 0.717) is 11.7 Å². The normalized spacial score (nSPS) is 17.8. The zero-order valence-corrected chi connectivity index (χ0v) is 17.9. The second-order valence-electron chi connectivity index (χ2n) is 7.69. The summed E-state index contributed by atoms with van der Waals surface area (Å²) in [7, 11) is 0. The number of benzene rings is 1. The SMILES string of the molecule is Cc1ccc2nc(N(CCCN3CCOCC3)C(=O)CN3C(=O)CCC3=O)sc2c1. The molecule has 3 heterocycles. The number of hydrogen-bond donors (Lipinski definition) is 0. The molecule has 1 aromatic heterocycles. The third-order valence-corrected chi connectivity index (χ3v) is 6.51. The van der Waals surface area contributed by atoms with Gasteiger partial charge in [-0.25, -0.2) is 4.98 Å². The first-order chi connectivity index (χ1) is 14.5. The fourth-order valence-electron chi connectivity index (χ4n) is 3.76. The van der Waals surface area contributed by atoms with Gasteiger partial charge >= 0.3 is 0 Å². The molecule has 4 rings (SSSR count). The Bertz CT molecular complexity index is 938. The van der Waals surface area contributed by atoms with Crippen LogP contribution in [0, 0.1) is 6.92 Å². The molecule has 2 fully saturated rings. The third-order valence-electron chi connectivity index (χ3n) is 5.47. The van der Waals surface area contributed by atoms with E-state index < -0.39 is 0 Å². The summed E-state index contributed by atoms with van der Waals surface area (Å²) in [5.74, 6) is -0.820. The van der Waals surface area contributed by atoms with Crippen molar-refractivity contribution in [1.82, 2.24) is 14.8 Å². The average Bonchev–Trinajstić information content (AvgIpc) is 3.29. The zero-order valence-electron chi connectivity index (χ0n) is 17.1. The molecule has 0 spiro atoms. The van der Waals surface area contributed by atoms with Crippen molar-refractivity contribution in [2.45, 2.75) is 26.2 Å². The van der Waals surface area contributed by atoms with Gasteiger partial charge in [-0.15, -0.1) is 0 Å². The number of aromatic nitrogens is 1. The Morgan fingerprint density at radius 1 is 1.20 bits per heavy atom. The molecule has 0 aliphatic carbocycles. The minimum Gasteiger partial charge on any atom is -0.379 e. The number of hydrogen-bond acceptors (Lipinski definition) is 7. The molecule has 3 amide bonds. The fourth-order valence-corrected chi connectivity index (χ4v) is 4.87. The number of nitrogens with zero attached hydrogens (tertiary/aromatic N) is 4. The Morgan fingerprint density at radius 3 is 2.67 bits per heavy atom. The van der Waals surface area contributed by atoms with Crippen molar-refractivity contribution in [2.75, 3.05) is 50.8 Å². The van der Waals surface area contributed by atoms with Crippen LogP contribution in [0.2, 0.25) is 0 Å². The maximum Gasteiger partial charge on any atom is 0.248 e. The monoisotopic (exact) mass is 430 g/mol. The molecule has 2 aliphatic rings. The van der Waals surface area contributed by atoms with Gasteiger partial charge in [-0.3, -0.25) is 29.1 Å². The van der Waals surface area contributed by atoms with E-state index >= 15 is 0 Å². The van der Waals surface area contributed by atoms with Crippen molar-refractivity contribution in [3.05, 3.63) is 23.8 Å². The minimum atomic E-state index is -0.276. The summed E-state index contributed by atoms with van der Waals surface area (Å²) >= 11 is 1.47. The van der Waals surface area contributed by atoms with E-state index in [1.54, 1.807) is 4.90 Å². The summed E-state index contributed by atoms with van der Waals surface area (Å²) in [4.78, 5) is 46.8. The summed E-state index contributed by atoms with van der Waals surface area (Å²) in [6, 6.07) is 6.01. The smallest absolute Gasteiger partial charge is 0.248 e. The van der Waals surface area contributed by atoms with Gasteiger partial charge < -0.3 is 4.74 Å². The molecule has 9 heteroatoms. The molecular weight excluding hydrogens is 404 g/mol.